The number of carboxylic acid groups (broad SMARTS) is 2. The zero-order valence-electron chi connectivity index (χ0n) is 8.28. The Hall–Kier alpha value is -1.72. The fourth-order valence-corrected chi connectivity index (χ4v) is 1.47. The summed E-state index contributed by atoms with van der Waals surface area (Å²) in [5, 5.41) is 20.2. The monoisotopic (exact) mass is 275 g/mol. The van der Waals surface area contributed by atoms with Crippen molar-refractivity contribution in [2.45, 2.75) is 0 Å². The van der Waals surface area contributed by atoms with E-state index >= 15 is 0 Å². The van der Waals surface area contributed by atoms with E-state index in [-0.39, 0.29) is 10.7 Å². The van der Waals surface area contributed by atoms with Crippen molar-refractivity contribution in [3.05, 3.63) is 40.0 Å². The second kappa shape index (κ2) is 5.56. The fraction of sp³-hybridized carbons (Fsp3) is 0. The van der Waals surface area contributed by atoms with Crippen molar-refractivity contribution < 1.29 is 19.8 Å². The molecular weight excluding hydrogens is 269 g/mol. The van der Waals surface area contributed by atoms with Crippen LogP contribution in [0.25, 0.3) is 0 Å². The zero-order valence-corrected chi connectivity index (χ0v) is 9.79. The molecule has 0 saturated heterocycles. The van der Waals surface area contributed by atoms with Crippen molar-refractivity contribution >= 4 is 40.8 Å². The van der Waals surface area contributed by atoms with Gasteiger partial charge in [-0.2, -0.15) is 0 Å². The molecule has 7 heteroatoms. The van der Waals surface area contributed by atoms with E-state index < -0.39 is 17.6 Å². The van der Waals surface area contributed by atoms with Crippen molar-refractivity contribution in [2.24, 2.45) is 0 Å². The van der Waals surface area contributed by atoms with Crippen LogP contribution in [0.3, 0.4) is 0 Å². The molecule has 0 unspecified atom stereocenters. The van der Waals surface area contributed by atoms with Gasteiger partial charge in [-0.15, -0.1) is 0 Å². The standard InChI is InChI=1S/C10H7Cl2NO4/c11-5-1-2-7(6(12)3-5)13-8(10(16)17)4-9(14)15/h1-4,13H,(H,14,15)(H,16,17)/b8-4-. The molecule has 0 aliphatic rings. The van der Waals surface area contributed by atoms with Crippen molar-refractivity contribution in [2.75, 3.05) is 5.32 Å². The molecule has 0 heterocycles. The third-order valence-corrected chi connectivity index (χ3v) is 2.25. The Balaban J connectivity index is 3.02. The number of anilines is 1. The third-order valence-electron chi connectivity index (χ3n) is 1.70. The highest BCUT2D eigenvalue weighted by molar-refractivity contribution is 6.36. The molecule has 0 aliphatic heterocycles. The molecule has 3 N–H and O–H groups in total. The average molecular weight is 276 g/mol. The minimum absolute atomic E-state index is 0.190. The van der Waals surface area contributed by atoms with Gasteiger partial charge in [0.2, 0.25) is 0 Å². The van der Waals surface area contributed by atoms with Crippen LogP contribution in [-0.4, -0.2) is 22.2 Å². The maximum Gasteiger partial charge on any atom is 0.352 e. The highest BCUT2D eigenvalue weighted by Gasteiger charge is 2.11. The van der Waals surface area contributed by atoms with E-state index in [0.717, 1.165) is 0 Å². The predicted octanol–water partition coefficient (Wildman–Crippen LogP) is 2.46. The lowest BCUT2D eigenvalue weighted by molar-refractivity contribution is -0.134. The molecule has 0 radical (unpaired) electrons. The lowest BCUT2D eigenvalue weighted by Crippen LogP contribution is -2.12. The summed E-state index contributed by atoms with van der Waals surface area (Å²) in [6.07, 6.45) is 0.535. The molecule has 0 fully saturated rings. The van der Waals surface area contributed by atoms with Gasteiger partial charge in [0.1, 0.15) is 5.70 Å². The highest BCUT2D eigenvalue weighted by atomic mass is 35.5. The number of rotatable bonds is 4. The van der Waals surface area contributed by atoms with Gasteiger partial charge in [0.05, 0.1) is 16.8 Å². The molecule has 0 spiro atoms. The van der Waals surface area contributed by atoms with E-state index in [4.69, 9.17) is 33.4 Å². The molecular formula is C10H7Cl2NO4. The SMILES string of the molecule is O=C(O)/C=C(\Nc1ccc(Cl)cc1Cl)C(=O)O. The van der Waals surface area contributed by atoms with E-state index in [9.17, 15) is 9.59 Å². The maximum atomic E-state index is 10.8. The van der Waals surface area contributed by atoms with Gasteiger partial charge in [0.25, 0.3) is 0 Å². The van der Waals surface area contributed by atoms with Crippen molar-refractivity contribution in [1.82, 2.24) is 0 Å². The van der Waals surface area contributed by atoms with Crippen LogP contribution < -0.4 is 5.32 Å². The maximum absolute atomic E-state index is 10.8. The number of halogens is 2. The topological polar surface area (TPSA) is 86.6 Å². The molecule has 90 valence electrons. The van der Waals surface area contributed by atoms with Crippen LogP contribution >= 0.6 is 23.2 Å². The van der Waals surface area contributed by atoms with Gasteiger partial charge in [-0.25, -0.2) is 9.59 Å². The quantitative estimate of drug-likeness (QED) is 0.735. The molecule has 1 aromatic rings. The second-order valence-electron chi connectivity index (χ2n) is 2.95. The van der Waals surface area contributed by atoms with Crippen LogP contribution in [0, 0.1) is 0 Å². The Bertz CT molecular complexity index is 499. The number of hydrogen-bond acceptors (Lipinski definition) is 3. The Morgan fingerprint density at radius 1 is 1.24 bits per heavy atom. The fourth-order valence-electron chi connectivity index (χ4n) is 1.01. The molecule has 0 amide bonds. The molecule has 5 nitrogen and oxygen atoms in total. The summed E-state index contributed by atoms with van der Waals surface area (Å²) in [5.74, 6) is -2.78. The average Bonchev–Trinajstić information content (AvgIpc) is 2.19. The first-order chi connectivity index (χ1) is 7.90. The summed E-state index contributed by atoms with van der Waals surface area (Å²) in [6.45, 7) is 0. The van der Waals surface area contributed by atoms with Gasteiger partial charge in [-0.05, 0) is 18.2 Å². The normalized spacial score (nSPS) is 11.1. The Morgan fingerprint density at radius 3 is 2.35 bits per heavy atom. The molecule has 0 bridgehead atoms. The van der Waals surface area contributed by atoms with Crippen LogP contribution in [-0.2, 0) is 9.59 Å². The first-order valence-electron chi connectivity index (χ1n) is 4.30. The number of hydrogen-bond donors (Lipinski definition) is 3. The zero-order chi connectivity index (χ0) is 13.0. The molecule has 0 atom stereocenters. The van der Waals surface area contributed by atoms with E-state index in [2.05, 4.69) is 5.32 Å². The number of nitrogens with one attached hydrogen (secondary N) is 1. The first kappa shape index (κ1) is 13.3. The minimum Gasteiger partial charge on any atom is -0.478 e. The summed E-state index contributed by atoms with van der Waals surface area (Å²) < 4.78 is 0. The Morgan fingerprint density at radius 2 is 1.88 bits per heavy atom. The molecule has 17 heavy (non-hydrogen) atoms. The predicted molar refractivity (Wildman–Crippen MR) is 63.4 cm³/mol. The van der Waals surface area contributed by atoms with E-state index in [1.807, 2.05) is 0 Å². The number of carbonyl (C=O) groups is 2. The van der Waals surface area contributed by atoms with Gasteiger partial charge in [-0.3, -0.25) is 0 Å². The van der Waals surface area contributed by atoms with Gasteiger partial charge >= 0.3 is 11.9 Å². The summed E-state index contributed by atoms with van der Waals surface area (Å²) in [4.78, 5) is 21.2. The van der Waals surface area contributed by atoms with Gasteiger partial charge < -0.3 is 15.5 Å². The number of carboxylic acids is 2. The van der Waals surface area contributed by atoms with Gasteiger partial charge in [0, 0.05) is 5.02 Å². The third kappa shape index (κ3) is 3.97. The van der Waals surface area contributed by atoms with Crippen molar-refractivity contribution in [1.29, 1.82) is 0 Å². The summed E-state index contributed by atoms with van der Waals surface area (Å²) in [5.41, 5.74) is -0.243. The smallest absolute Gasteiger partial charge is 0.352 e. The Kier molecular flexibility index (Phi) is 4.37. The summed E-state index contributed by atoms with van der Waals surface area (Å²) >= 11 is 11.5. The Labute approximate surface area is 106 Å². The molecule has 1 aromatic carbocycles. The van der Waals surface area contributed by atoms with Crippen LogP contribution in [0.1, 0.15) is 0 Å². The molecule has 0 aromatic heterocycles. The van der Waals surface area contributed by atoms with Crippen LogP contribution in [0.5, 0.6) is 0 Å². The summed E-state index contributed by atoms with van der Waals surface area (Å²) in [6, 6.07) is 4.35. The second-order valence-corrected chi connectivity index (χ2v) is 3.79. The largest absolute Gasteiger partial charge is 0.478 e. The van der Waals surface area contributed by atoms with Crippen molar-refractivity contribution in [3.63, 3.8) is 0 Å². The first-order valence-corrected chi connectivity index (χ1v) is 5.05. The van der Waals surface area contributed by atoms with Crippen LogP contribution in [0.2, 0.25) is 10.0 Å². The van der Waals surface area contributed by atoms with Gasteiger partial charge in [-0.1, -0.05) is 23.2 Å². The van der Waals surface area contributed by atoms with Crippen LogP contribution in [0.15, 0.2) is 30.0 Å². The highest BCUT2D eigenvalue weighted by Crippen LogP contribution is 2.26. The van der Waals surface area contributed by atoms with Gasteiger partial charge in [0.15, 0.2) is 0 Å². The van der Waals surface area contributed by atoms with Crippen LogP contribution in [0.4, 0.5) is 5.69 Å². The minimum atomic E-state index is -1.40. The van der Waals surface area contributed by atoms with E-state index in [1.54, 1.807) is 0 Å². The number of aliphatic carboxylic acids is 2. The summed E-state index contributed by atoms with van der Waals surface area (Å²) in [7, 11) is 0. The molecule has 1 rings (SSSR count). The van der Waals surface area contributed by atoms with E-state index in [1.165, 1.54) is 18.2 Å². The molecule has 0 saturated carbocycles. The lowest BCUT2D eigenvalue weighted by atomic mass is 10.3. The van der Waals surface area contributed by atoms with Crippen molar-refractivity contribution in [3.8, 4) is 0 Å². The van der Waals surface area contributed by atoms with E-state index in [0.29, 0.717) is 11.1 Å². The molecule has 0 aliphatic carbocycles. The number of benzene rings is 1. The lowest BCUT2D eigenvalue weighted by Gasteiger charge is -2.08.